The number of aromatic amines is 1. The normalized spacial score (nSPS) is 19.9. The smallest absolute Gasteiger partial charge is 0.348 e. The van der Waals surface area contributed by atoms with Gasteiger partial charge in [0.2, 0.25) is 5.82 Å². The molecule has 0 bridgehead atoms. The maximum absolute atomic E-state index is 12.6. The molecule has 1 atom stereocenters. The van der Waals surface area contributed by atoms with Crippen LogP contribution in [0.15, 0.2) is 18.6 Å². The Kier molecular flexibility index (Phi) is 4.34. The highest BCUT2D eigenvalue weighted by atomic mass is 19.4. The SMILES string of the molecule is Cc1nc(C(F)(F)F)ncc1CN1CCC[C@H](c2ncc[nH]2)C1. The number of nitrogens with zero attached hydrogens (tertiary/aromatic N) is 4. The van der Waals surface area contributed by atoms with Crippen molar-refractivity contribution >= 4 is 0 Å². The molecule has 0 aromatic carbocycles. The van der Waals surface area contributed by atoms with Crippen molar-refractivity contribution in [3.8, 4) is 0 Å². The van der Waals surface area contributed by atoms with Crippen LogP contribution in [0.5, 0.6) is 0 Å². The average Bonchev–Trinajstić information content (AvgIpc) is 3.03. The molecule has 0 amide bonds. The van der Waals surface area contributed by atoms with E-state index in [0.29, 0.717) is 18.2 Å². The van der Waals surface area contributed by atoms with Crippen LogP contribution < -0.4 is 0 Å². The second-order valence-corrected chi connectivity index (χ2v) is 5.85. The molecule has 8 heteroatoms. The van der Waals surface area contributed by atoms with E-state index >= 15 is 0 Å². The molecule has 0 radical (unpaired) electrons. The summed E-state index contributed by atoms with van der Waals surface area (Å²) < 4.78 is 37.9. The minimum atomic E-state index is -4.50. The lowest BCUT2D eigenvalue weighted by molar-refractivity contribution is -0.145. The number of alkyl halides is 3. The van der Waals surface area contributed by atoms with Crippen LogP contribution in [0.1, 0.15) is 41.7 Å². The van der Waals surface area contributed by atoms with Crippen molar-refractivity contribution in [2.75, 3.05) is 13.1 Å². The highest BCUT2D eigenvalue weighted by Crippen LogP contribution is 2.28. The maximum Gasteiger partial charge on any atom is 0.451 e. The van der Waals surface area contributed by atoms with E-state index in [0.717, 1.165) is 37.3 Å². The molecule has 5 nitrogen and oxygen atoms in total. The lowest BCUT2D eigenvalue weighted by atomic mass is 9.97. The van der Waals surface area contributed by atoms with Gasteiger partial charge in [0.1, 0.15) is 5.82 Å². The Morgan fingerprint density at radius 3 is 2.83 bits per heavy atom. The predicted molar refractivity (Wildman–Crippen MR) is 77.6 cm³/mol. The van der Waals surface area contributed by atoms with Crippen molar-refractivity contribution in [1.29, 1.82) is 0 Å². The molecule has 3 rings (SSSR count). The number of aryl methyl sites for hydroxylation is 1. The zero-order valence-corrected chi connectivity index (χ0v) is 12.8. The molecule has 1 saturated heterocycles. The Balaban J connectivity index is 1.69. The molecule has 2 aromatic heterocycles. The maximum atomic E-state index is 12.6. The van der Waals surface area contributed by atoms with Crippen molar-refractivity contribution in [2.24, 2.45) is 0 Å². The fraction of sp³-hybridized carbons (Fsp3) is 0.533. The Hall–Kier alpha value is -1.96. The Bertz CT molecular complexity index is 654. The summed E-state index contributed by atoms with van der Waals surface area (Å²) in [4.78, 5) is 16.7. The van der Waals surface area contributed by atoms with Gasteiger partial charge in [-0.15, -0.1) is 0 Å². The zero-order valence-electron chi connectivity index (χ0n) is 12.8. The first-order valence-corrected chi connectivity index (χ1v) is 7.55. The molecule has 2 aromatic rings. The van der Waals surface area contributed by atoms with Crippen molar-refractivity contribution in [3.05, 3.63) is 41.5 Å². The molecular weight excluding hydrogens is 307 g/mol. The number of nitrogens with one attached hydrogen (secondary N) is 1. The third-order valence-corrected chi connectivity index (χ3v) is 4.14. The van der Waals surface area contributed by atoms with E-state index in [2.05, 4.69) is 24.8 Å². The third kappa shape index (κ3) is 3.69. The minimum Gasteiger partial charge on any atom is -0.348 e. The van der Waals surface area contributed by atoms with Gasteiger partial charge in [0.15, 0.2) is 0 Å². The standard InChI is InChI=1S/C15H18F3N5/c1-10-12(7-21-14(22-10)15(16,17)18)9-23-6-2-3-11(8-23)13-19-4-5-20-13/h4-5,7,11H,2-3,6,8-9H2,1H3,(H,19,20)/t11-/m0/s1. The molecule has 3 heterocycles. The van der Waals surface area contributed by atoms with Crippen LogP contribution in [0, 0.1) is 6.92 Å². The molecule has 0 aliphatic carbocycles. The molecule has 23 heavy (non-hydrogen) atoms. The minimum absolute atomic E-state index is 0.328. The van der Waals surface area contributed by atoms with Crippen LogP contribution in [0.4, 0.5) is 13.2 Å². The molecule has 1 fully saturated rings. The first-order chi connectivity index (χ1) is 10.9. The van der Waals surface area contributed by atoms with E-state index in [1.165, 1.54) is 6.20 Å². The van der Waals surface area contributed by atoms with Crippen molar-refractivity contribution in [1.82, 2.24) is 24.8 Å². The van der Waals surface area contributed by atoms with Gasteiger partial charge in [-0.1, -0.05) is 0 Å². The van der Waals surface area contributed by atoms with Crippen LogP contribution in [-0.2, 0) is 12.7 Å². The van der Waals surface area contributed by atoms with Gasteiger partial charge in [0, 0.05) is 48.9 Å². The number of H-pyrrole nitrogens is 1. The number of likely N-dealkylation sites (tertiary alicyclic amines) is 1. The largest absolute Gasteiger partial charge is 0.451 e. The number of piperidine rings is 1. The Labute approximate surface area is 132 Å². The van der Waals surface area contributed by atoms with Crippen molar-refractivity contribution < 1.29 is 13.2 Å². The van der Waals surface area contributed by atoms with Gasteiger partial charge in [0.05, 0.1) is 0 Å². The van der Waals surface area contributed by atoms with Crippen LogP contribution >= 0.6 is 0 Å². The van der Waals surface area contributed by atoms with E-state index in [1.807, 2.05) is 6.20 Å². The fourth-order valence-electron chi connectivity index (χ4n) is 2.95. The highest BCUT2D eigenvalue weighted by Gasteiger charge is 2.35. The fourth-order valence-corrected chi connectivity index (χ4v) is 2.95. The summed E-state index contributed by atoms with van der Waals surface area (Å²) in [6, 6.07) is 0. The van der Waals surface area contributed by atoms with Crippen molar-refractivity contribution in [2.45, 2.75) is 38.4 Å². The van der Waals surface area contributed by atoms with E-state index < -0.39 is 12.0 Å². The van der Waals surface area contributed by atoms with Gasteiger partial charge < -0.3 is 4.98 Å². The number of rotatable bonds is 3. The van der Waals surface area contributed by atoms with E-state index in [1.54, 1.807) is 13.1 Å². The van der Waals surface area contributed by atoms with E-state index in [4.69, 9.17) is 0 Å². The number of halogens is 3. The summed E-state index contributed by atoms with van der Waals surface area (Å²) in [5.74, 6) is 0.218. The number of hydrogen-bond acceptors (Lipinski definition) is 4. The molecule has 1 aliphatic heterocycles. The van der Waals surface area contributed by atoms with Gasteiger partial charge in [-0.2, -0.15) is 13.2 Å². The number of imidazole rings is 1. The molecule has 1 aliphatic rings. The lowest BCUT2D eigenvalue weighted by Crippen LogP contribution is -2.34. The number of hydrogen-bond donors (Lipinski definition) is 1. The summed E-state index contributed by atoms with van der Waals surface area (Å²) >= 11 is 0. The van der Waals surface area contributed by atoms with Gasteiger partial charge in [-0.3, -0.25) is 4.90 Å². The van der Waals surface area contributed by atoms with Gasteiger partial charge in [-0.25, -0.2) is 15.0 Å². The van der Waals surface area contributed by atoms with Crippen molar-refractivity contribution in [3.63, 3.8) is 0 Å². The zero-order chi connectivity index (χ0) is 16.4. The van der Waals surface area contributed by atoms with Crippen LogP contribution in [0.25, 0.3) is 0 Å². The molecule has 0 unspecified atom stereocenters. The van der Waals surface area contributed by atoms with E-state index in [9.17, 15) is 13.2 Å². The summed E-state index contributed by atoms with van der Waals surface area (Å²) in [6.07, 6.45) is 2.43. The summed E-state index contributed by atoms with van der Waals surface area (Å²) in [5.41, 5.74) is 1.12. The molecule has 124 valence electrons. The van der Waals surface area contributed by atoms with Gasteiger partial charge in [-0.05, 0) is 26.3 Å². The van der Waals surface area contributed by atoms with Gasteiger partial charge in [0.25, 0.3) is 0 Å². The summed E-state index contributed by atoms with van der Waals surface area (Å²) in [6.45, 7) is 3.90. The van der Waals surface area contributed by atoms with Crippen LogP contribution in [0.2, 0.25) is 0 Å². The topological polar surface area (TPSA) is 57.7 Å². The first kappa shape index (κ1) is 15.9. The second kappa shape index (κ2) is 6.27. The van der Waals surface area contributed by atoms with Crippen LogP contribution in [0.3, 0.4) is 0 Å². The molecule has 1 N–H and O–H groups in total. The lowest BCUT2D eigenvalue weighted by Gasteiger charge is -2.32. The monoisotopic (exact) mass is 325 g/mol. The Morgan fingerprint density at radius 2 is 2.17 bits per heavy atom. The molecule has 0 spiro atoms. The summed E-state index contributed by atoms with van der Waals surface area (Å²) in [7, 11) is 0. The Morgan fingerprint density at radius 1 is 1.35 bits per heavy atom. The average molecular weight is 325 g/mol. The first-order valence-electron chi connectivity index (χ1n) is 7.55. The van der Waals surface area contributed by atoms with E-state index in [-0.39, 0.29) is 0 Å². The third-order valence-electron chi connectivity index (χ3n) is 4.14. The second-order valence-electron chi connectivity index (χ2n) is 5.85. The molecule has 0 saturated carbocycles. The molecular formula is C15H18F3N5. The quantitative estimate of drug-likeness (QED) is 0.943. The summed E-state index contributed by atoms with van der Waals surface area (Å²) in [5, 5.41) is 0. The van der Waals surface area contributed by atoms with Gasteiger partial charge >= 0.3 is 6.18 Å². The number of aromatic nitrogens is 4. The highest BCUT2D eigenvalue weighted by molar-refractivity contribution is 5.17. The predicted octanol–water partition coefficient (Wildman–Crippen LogP) is 2.91. The van der Waals surface area contributed by atoms with Crippen LogP contribution in [-0.4, -0.2) is 37.9 Å².